The molecule has 0 aliphatic rings. The third-order valence-corrected chi connectivity index (χ3v) is 3.25. The lowest BCUT2D eigenvalue weighted by molar-refractivity contribution is 0.394. The predicted octanol–water partition coefficient (Wildman–Crippen LogP) is 3.99. The largest absolute Gasteiger partial charge is 0.497 e. The molecule has 1 N–H and O–H groups in total. The van der Waals surface area contributed by atoms with Crippen molar-refractivity contribution in [3.8, 4) is 22.8 Å². The summed E-state index contributed by atoms with van der Waals surface area (Å²) in [6, 6.07) is 12.2. The van der Waals surface area contributed by atoms with Crippen molar-refractivity contribution in [1.82, 2.24) is 4.98 Å². The van der Waals surface area contributed by atoms with Crippen molar-refractivity contribution >= 4 is 10.9 Å². The Labute approximate surface area is 116 Å². The fraction of sp³-hybridized carbons (Fsp3) is 0.125. The van der Waals surface area contributed by atoms with Crippen molar-refractivity contribution in [3.63, 3.8) is 0 Å². The molecule has 3 aromatic rings. The molecule has 4 heteroatoms. The summed E-state index contributed by atoms with van der Waals surface area (Å²) in [6.45, 7) is 0. The summed E-state index contributed by atoms with van der Waals surface area (Å²) in [5, 5.41) is 0.835. The van der Waals surface area contributed by atoms with E-state index in [9.17, 15) is 4.39 Å². The van der Waals surface area contributed by atoms with Crippen LogP contribution in [0.25, 0.3) is 22.2 Å². The van der Waals surface area contributed by atoms with Gasteiger partial charge in [0.2, 0.25) is 0 Å². The van der Waals surface area contributed by atoms with E-state index < -0.39 is 0 Å². The van der Waals surface area contributed by atoms with Crippen molar-refractivity contribution < 1.29 is 13.9 Å². The summed E-state index contributed by atoms with van der Waals surface area (Å²) in [7, 11) is 3.22. The lowest BCUT2D eigenvalue weighted by Crippen LogP contribution is -1.88. The van der Waals surface area contributed by atoms with Crippen LogP contribution in [0.15, 0.2) is 42.5 Å². The maximum Gasteiger partial charge on any atom is 0.123 e. The van der Waals surface area contributed by atoms with Gasteiger partial charge in [-0.25, -0.2) is 4.39 Å². The van der Waals surface area contributed by atoms with Crippen LogP contribution in [0.2, 0.25) is 0 Å². The SMILES string of the molecule is COc1cc(OC)cc(-c2cc3cc(F)ccc3[nH]2)c1. The van der Waals surface area contributed by atoms with Gasteiger partial charge >= 0.3 is 0 Å². The predicted molar refractivity (Wildman–Crippen MR) is 76.8 cm³/mol. The Morgan fingerprint density at radius 2 is 1.60 bits per heavy atom. The Hall–Kier alpha value is -2.49. The molecule has 0 aliphatic carbocycles. The molecule has 0 unspecified atom stereocenters. The molecule has 2 aromatic carbocycles. The average Bonchev–Trinajstić information content (AvgIpc) is 2.89. The van der Waals surface area contributed by atoms with Crippen LogP contribution < -0.4 is 9.47 Å². The Kier molecular flexibility index (Phi) is 3.06. The fourth-order valence-corrected chi connectivity index (χ4v) is 2.22. The van der Waals surface area contributed by atoms with Crippen LogP contribution in [0.1, 0.15) is 0 Å². The molecule has 3 rings (SSSR count). The minimum Gasteiger partial charge on any atom is -0.497 e. The van der Waals surface area contributed by atoms with Crippen LogP contribution in [-0.4, -0.2) is 19.2 Å². The maximum atomic E-state index is 13.2. The maximum absolute atomic E-state index is 13.2. The number of fused-ring (bicyclic) bond motifs is 1. The number of benzene rings is 2. The normalized spacial score (nSPS) is 10.8. The highest BCUT2D eigenvalue weighted by Crippen LogP contribution is 2.31. The van der Waals surface area contributed by atoms with Crippen molar-refractivity contribution in [2.45, 2.75) is 0 Å². The van der Waals surface area contributed by atoms with Gasteiger partial charge < -0.3 is 14.5 Å². The third kappa shape index (κ3) is 2.20. The molecule has 0 atom stereocenters. The Bertz CT molecular complexity index is 742. The van der Waals surface area contributed by atoms with Gasteiger partial charge in [-0.1, -0.05) is 0 Å². The molecule has 0 radical (unpaired) electrons. The Balaban J connectivity index is 2.14. The first-order valence-electron chi connectivity index (χ1n) is 6.21. The molecule has 1 aromatic heterocycles. The molecule has 0 bridgehead atoms. The summed E-state index contributed by atoms with van der Waals surface area (Å²) in [5.41, 5.74) is 2.71. The standard InChI is InChI=1S/C16H14FNO2/c1-19-13-6-11(7-14(9-13)20-2)16-8-10-5-12(17)3-4-15(10)18-16/h3-9,18H,1-2H3. The molecule has 0 aliphatic heterocycles. The monoisotopic (exact) mass is 271 g/mol. The molecule has 0 fully saturated rings. The van der Waals surface area contributed by atoms with E-state index in [-0.39, 0.29) is 5.82 Å². The molecule has 0 saturated heterocycles. The van der Waals surface area contributed by atoms with Crippen LogP contribution in [0.4, 0.5) is 4.39 Å². The van der Waals surface area contributed by atoms with Crippen molar-refractivity contribution in [3.05, 3.63) is 48.3 Å². The summed E-state index contributed by atoms with van der Waals surface area (Å²) in [6.07, 6.45) is 0. The van der Waals surface area contributed by atoms with Crippen LogP contribution in [-0.2, 0) is 0 Å². The zero-order chi connectivity index (χ0) is 14.1. The summed E-state index contributed by atoms with van der Waals surface area (Å²) < 4.78 is 23.7. The van der Waals surface area contributed by atoms with Gasteiger partial charge in [-0.3, -0.25) is 0 Å². The fourth-order valence-electron chi connectivity index (χ4n) is 2.22. The number of ether oxygens (including phenoxy) is 2. The van der Waals surface area contributed by atoms with E-state index >= 15 is 0 Å². The van der Waals surface area contributed by atoms with Gasteiger partial charge in [-0.2, -0.15) is 0 Å². The van der Waals surface area contributed by atoms with E-state index in [0.29, 0.717) is 11.5 Å². The second-order valence-corrected chi connectivity index (χ2v) is 4.52. The van der Waals surface area contributed by atoms with Gasteiger partial charge in [0.25, 0.3) is 0 Å². The summed E-state index contributed by atoms with van der Waals surface area (Å²) >= 11 is 0. The van der Waals surface area contributed by atoms with Gasteiger partial charge in [-0.15, -0.1) is 0 Å². The number of aromatic nitrogens is 1. The van der Waals surface area contributed by atoms with E-state index in [1.807, 2.05) is 24.3 Å². The third-order valence-electron chi connectivity index (χ3n) is 3.25. The number of aromatic amines is 1. The zero-order valence-corrected chi connectivity index (χ0v) is 11.2. The van der Waals surface area contributed by atoms with Crippen molar-refractivity contribution in [2.75, 3.05) is 14.2 Å². The number of methoxy groups -OCH3 is 2. The number of H-pyrrole nitrogens is 1. The first kappa shape index (κ1) is 12.5. The van der Waals surface area contributed by atoms with Crippen molar-refractivity contribution in [1.29, 1.82) is 0 Å². The number of rotatable bonds is 3. The summed E-state index contributed by atoms with van der Waals surface area (Å²) in [4.78, 5) is 3.26. The van der Waals surface area contributed by atoms with Gasteiger partial charge in [0, 0.05) is 28.2 Å². The Morgan fingerprint density at radius 1 is 0.900 bits per heavy atom. The molecule has 3 nitrogen and oxygen atoms in total. The van der Waals surface area contributed by atoms with Crippen molar-refractivity contribution in [2.24, 2.45) is 0 Å². The second-order valence-electron chi connectivity index (χ2n) is 4.52. The highest BCUT2D eigenvalue weighted by atomic mass is 19.1. The lowest BCUT2D eigenvalue weighted by atomic mass is 10.1. The van der Waals surface area contributed by atoms with E-state index in [2.05, 4.69) is 4.98 Å². The van der Waals surface area contributed by atoms with E-state index in [1.165, 1.54) is 12.1 Å². The molecule has 0 saturated carbocycles. The lowest BCUT2D eigenvalue weighted by Gasteiger charge is -2.07. The minimum absolute atomic E-state index is 0.244. The number of hydrogen-bond acceptors (Lipinski definition) is 2. The van der Waals surface area contributed by atoms with Gasteiger partial charge in [0.05, 0.1) is 14.2 Å². The van der Waals surface area contributed by atoms with Crippen LogP contribution in [0.5, 0.6) is 11.5 Å². The van der Waals surface area contributed by atoms with Crippen LogP contribution in [0, 0.1) is 5.82 Å². The smallest absolute Gasteiger partial charge is 0.123 e. The first-order valence-corrected chi connectivity index (χ1v) is 6.21. The topological polar surface area (TPSA) is 34.2 Å². The van der Waals surface area contributed by atoms with Crippen LogP contribution >= 0.6 is 0 Å². The molecule has 20 heavy (non-hydrogen) atoms. The Morgan fingerprint density at radius 3 is 2.25 bits per heavy atom. The van der Waals surface area contributed by atoms with E-state index in [4.69, 9.17) is 9.47 Å². The van der Waals surface area contributed by atoms with Crippen LogP contribution in [0.3, 0.4) is 0 Å². The van der Waals surface area contributed by atoms with Gasteiger partial charge in [-0.05, 0) is 36.4 Å². The molecule has 0 amide bonds. The molecule has 102 valence electrons. The number of nitrogens with one attached hydrogen (secondary N) is 1. The first-order chi connectivity index (χ1) is 9.69. The molecular weight excluding hydrogens is 257 g/mol. The zero-order valence-electron chi connectivity index (χ0n) is 11.2. The van der Waals surface area contributed by atoms with E-state index in [1.54, 1.807) is 20.3 Å². The number of hydrogen-bond donors (Lipinski definition) is 1. The highest BCUT2D eigenvalue weighted by Gasteiger charge is 2.08. The number of halogens is 1. The van der Waals surface area contributed by atoms with Gasteiger partial charge in [0.1, 0.15) is 17.3 Å². The summed E-state index contributed by atoms with van der Waals surface area (Å²) in [5.74, 6) is 1.18. The van der Waals surface area contributed by atoms with E-state index in [0.717, 1.165) is 22.2 Å². The average molecular weight is 271 g/mol. The quantitative estimate of drug-likeness (QED) is 0.781. The molecule has 0 spiro atoms. The highest BCUT2D eigenvalue weighted by molar-refractivity contribution is 5.86. The minimum atomic E-state index is -0.244. The van der Waals surface area contributed by atoms with Gasteiger partial charge in [0.15, 0.2) is 0 Å². The molecular formula is C16H14FNO2. The molecule has 1 heterocycles. The second kappa shape index (κ2) is 4.89.